The molecule has 1 heterocycles. The van der Waals surface area contributed by atoms with Gasteiger partial charge in [0.25, 0.3) is 0 Å². The molecule has 3 rings (SSSR count). The summed E-state index contributed by atoms with van der Waals surface area (Å²) >= 11 is 0. The molecule has 0 unspecified atom stereocenters. The average molecular weight is 393 g/mol. The lowest BCUT2D eigenvalue weighted by atomic mass is 10.2. The van der Waals surface area contributed by atoms with Gasteiger partial charge < -0.3 is 19.7 Å². The minimum Gasteiger partial charge on any atom is -0.497 e. The van der Waals surface area contributed by atoms with Crippen LogP contribution < -0.4 is 19.7 Å². The number of aromatic nitrogens is 2. The molecule has 0 saturated carbocycles. The van der Waals surface area contributed by atoms with Crippen LogP contribution >= 0.6 is 0 Å². The van der Waals surface area contributed by atoms with Gasteiger partial charge in [-0.25, -0.2) is 9.97 Å². The number of aryl methyl sites for hydroxylation is 1. The first kappa shape index (κ1) is 20.5. The second-order valence-corrected chi connectivity index (χ2v) is 7.06. The average Bonchev–Trinajstić information content (AvgIpc) is 2.72. The smallest absolute Gasteiger partial charge is 0.146 e. The van der Waals surface area contributed by atoms with Crippen LogP contribution in [0.5, 0.6) is 11.5 Å². The van der Waals surface area contributed by atoms with Gasteiger partial charge in [0.15, 0.2) is 0 Å². The van der Waals surface area contributed by atoms with Crippen LogP contribution in [-0.2, 0) is 6.54 Å². The molecule has 29 heavy (non-hydrogen) atoms. The number of methoxy groups -OCH3 is 2. The van der Waals surface area contributed by atoms with Crippen LogP contribution in [0.25, 0.3) is 0 Å². The molecular weight excluding hydrogens is 364 g/mol. The van der Waals surface area contributed by atoms with Crippen LogP contribution in [0.1, 0.15) is 25.2 Å². The molecule has 0 bridgehead atoms. The van der Waals surface area contributed by atoms with Gasteiger partial charge >= 0.3 is 0 Å². The van der Waals surface area contributed by atoms with Crippen molar-refractivity contribution in [1.29, 1.82) is 0 Å². The van der Waals surface area contributed by atoms with Crippen LogP contribution in [0.15, 0.2) is 54.6 Å². The molecule has 6 nitrogen and oxygen atoms in total. The van der Waals surface area contributed by atoms with E-state index in [2.05, 4.69) is 58.3 Å². The SMILES string of the molecule is COc1ccc(Nc2cc(N(Cc3ccccc3)C(C)C)nc(C)n2)c(OC)c1. The van der Waals surface area contributed by atoms with Crippen molar-refractivity contribution in [2.45, 2.75) is 33.4 Å². The highest BCUT2D eigenvalue weighted by Gasteiger charge is 2.15. The highest BCUT2D eigenvalue weighted by molar-refractivity contribution is 5.67. The van der Waals surface area contributed by atoms with Crippen LogP contribution in [0, 0.1) is 6.92 Å². The van der Waals surface area contributed by atoms with E-state index in [-0.39, 0.29) is 6.04 Å². The van der Waals surface area contributed by atoms with Crippen molar-refractivity contribution in [3.63, 3.8) is 0 Å². The van der Waals surface area contributed by atoms with E-state index in [0.717, 1.165) is 29.6 Å². The number of hydrogen-bond donors (Lipinski definition) is 1. The third kappa shape index (κ3) is 5.16. The third-order valence-corrected chi connectivity index (χ3v) is 4.61. The summed E-state index contributed by atoms with van der Waals surface area (Å²) in [5.74, 6) is 3.73. The van der Waals surface area contributed by atoms with E-state index in [1.807, 2.05) is 37.3 Å². The van der Waals surface area contributed by atoms with E-state index in [9.17, 15) is 0 Å². The molecule has 0 radical (unpaired) electrons. The summed E-state index contributed by atoms with van der Waals surface area (Å²) in [7, 11) is 3.27. The number of benzene rings is 2. The summed E-state index contributed by atoms with van der Waals surface area (Å²) in [4.78, 5) is 11.5. The van der Waals surface area contributed by atoms with E-state index in [1.54, 1.807) is 14.2 Å². The second kappa shape index (κ2) is 9.28. The van der Waals surface area contributed by atoms with Gasteiger partial charge in [-0.15, -0.1) is 0 Å². The maximum atomic E-state index is 5.49. The van der Waals surface area contributed by atoms with Gasteiger partial charge in [-0.1, -0.05) is 30.3 Å². The molecule has 152 valence electrons. The summed E-state index contributed by atoms with van der Waals surface area (Å²) in [5, 5.41) is 3.36. The Balaban J connectivity index is 1.91. The minimum atomic E-state index is 0.285. The fourth-order valence-corrected chi connectivity index (χ4v) is 3.11. The van der Waals surface area contributed by atoms with Crippen LogP contribution in [0.2, 0.25) is 0 Å². The lowest BCUT2D eigenvalue weighted by Gasteiger charge is -2.28. The number of nitrogens with zero attached hydrogens (tertiary/aromatic N) is 3. The molecule has 6 heteroatoms. The first-order valence-corrected chi connectivity index (χ1v) is 9.65. The maximum absolute atomic E-state index is 5.49. The zero-order valence-corrected chi connectivity index (χ0v) is 17.6. The summed E-state index contributed by atoms with van der Waals surface area (Å²) < 4.78 is 10.8. The normalized spacial score (nSPS) is 10.7. The molecule has 0 spiro atoms. The lowest BCUT2D eigenvalue weighted by Crippen LogP contribution is -2.31. The highest BCUT2D eigenvalue weighted by Crippen LogP contribution is 2.32. The Kier molecular flexibility index (Phi) is 6.54. The Morgan fingerprint density at radius 2 is 1.72 bits per heavy atom. The van der Waals surface area contributed by atoms with Gasteiger partial charge in [-0.2, -0.15) is 0 Å². The zero-order valence-electron chi connectivity index (χ0n) is 17.6. The van der Waals surface area contributed by atoms with Gasteiger partial charge in [0, 0.05) is 24.7 Å². The highest BCUT2D eigenvalue weighted by atomic mass is 16.5. The first-order chi connectivity index (χ1) is 14.0. The molecule has 1 aromatic heterocycles. The summed E-state index contributed by atoms with van der Waals surface area (Å²) in [6.07, 6.45) is 0. The van der Waals surface area contributed by atoms with Crippen LogP contribution in [-0.4, -0.2) is 30.2 Å². The molecule has 0 aliphatic rings. The van der Waals surface area contributed by atoms with E-state index in [1.165, 1.54) is 5.56 Å². The Hall–Kier alpha value is -3.28. The standard InChI is InChI=1S/C23H28N4O2/c1-16(2)27(15-18-9-7-6-8-10-18)23-14-22(24-17(3)25-23)26-20-12-11-19(28-4)13-21(20)29-5/h6-14,16H,15H2,1-5H3,(H,24,25,26). The number of anilines is 3. The number of ether oxygens (including phenoxy) is 2. The number of nitrogens with one attached hydrogen (secondary N) is 1. The second-order valence-electron chi connectivity index (χ2n) is 7.06. The van der Waals surface area contributed by atoms with Crippen LogP contribution in [0.3, 0.4) is 0 Å². The van der Waals surface area contributed by atoms with E-state index in [4.69, 9.17) is 9.47 Å². The molecule has 3 aromatic rings. The Morgan fingerprint density at radius 1 is 0.966 bits per heavy atom. The molecule has 0 atom stereocenters. The molecule has 2 aromatic carbocycles. The monoisotopic (exact) mass is 392 g/mol. The molecule has 0 aliphatic carbocycles. The van der Waals surface area contributed by atoms with Gasteiger partial charge in [0.05, 0.1) is 19.9 Å². The molecule has 0 saturated heterocycles. The largest absolute Gasteiger partial charge is 0.497 e. The number of rotatable bonds is 8. The summed E-state index contributed by atoms with van der Waals surface area (Å²) in [6.45, 7) is 7.02. The Morgan fingerprint density at radius 3 is 2.38 bits per heavy atom. The Labute approximate surface area is 172 Å². The van der Waals surface area contributed by atoms with Crippen molar-refractivity contribution in [1.82, 2.24) is 9.97 Å². The van der Waals surface area contributed by atoms with Gasteiger partial charge in [0.1, 0.15) is 29.0 Å². The minimum absolute atomic E-state index is 0.285. The summed E-state index contributed by atoms with van der Waals surface area (Å²) in [5.41, 5.74) is 2.06. The fraction of sp³-hybridized carbons (Fsp3) is 0.304. The van der Waals surface area contributed by atoms with Gasteiger partial charge in [0.2, 0.25) is 0 Å². The lowest BCUT2D eigenvalue weighted by molar-refractivity contribution is 0.395. The van der Waals surface area contributed by atoms with Crippen molar-refractivity contribution in [3.05, 3.63) is 66.0 Å². The molecule has 0 fully saturated rings. The van der Waals surface area contributed by atoms with E-state index < -0.39 is 0 Å². The van der Waals surface area contributed by atoms with Crippen molar-refractivity contribution in [2.75, 3.05) is 24.4 Å². The van der Waals surface area contributed by atoms with Gasteiger partial charge in [-0.3, -0.25) is 0 Å². The topological polar surface area (TPSA) is 59.5 Å². The molecule has 0 amide bonds. The predicted molar refractivity (Wildman–Crippen MR) is 117 cm³/mol. The molecule has 1 N–H and O–H groups in total. The fourth-order valence-electron chi connectivity index (χ4n) is 3.11. The first-order valence-electron chi connectivity index (χ1n) is 9.65. The quantitative estimate of drug-likeness (QED) is 0.585. The predicted octanol–water partition coefficient (Wildman–Crippen LogP) is 4.96. The van der Waals surface area contributed by atoms with E-state index >= 15 is 0 Å². The van der Waals surface area contributed by atoms with Crippen molar-refractivity contribution in [3.8, 4) is 11.5 Å². The van der Waals surface area contributed by atoms with Crippen molar-refractivity contribution in [2.24, 2.45) is 0 Å². The zero-order chi connectivity index (χ0) is 20.8. The third-order valence-electron chi connectivity index (χ3n) is 4.61. The van der Waals surface area contributed by atoms with Gasteiger partial charge in [-0.05, 0) is 38.5 Å². The molecule has 0 aliphatic heterocycles. The van der Waals surface area contributed by atoms with Crippen LogP contribution in [0.4, 0.5) is 17.3 Å². The molecular formula is C23H28N4O2. The van der Waals surface area contributed by atoms with Crippen molar-refractivity contribution < 1.29 is 9.47 Å². The van der Waals surface area contributed by atoms with Crippen molar-refractivity contribution >= 4 is 17.3 Å². The number of hydrogen-bond acceptors (Lipinski definition) is 6. The maximum Gasteiger partial charge on any atom is 0.146 e. The Bertz CT molecular complexity index is 945. The summed E-state index contributed by atoms with van der Waals surface area (Å²) in [6, 6.07) is 18.3. The van der Waals surface area contributed by atoms with E-state index in [0.29, 0.717) is 11.6 Å².